The number of rotatable bonds is 9. The number of aliphatic hydroxyl groups excluding tert-OH is 1. The number of imidazole rings is 1. The fourth-order valence-corrected chi connectivity index (χ4v) is 3.75. The van der Waals surface area contributed by atoms with Crippen molar-refractivity contribution >= 4 is 29.3 Å². The number of hydrogen-bond acceptors (Lipinski definition) is 5. The Morgan fingerprint density at radius 1 is 1.18 bits per heavy atom. The highest BCUT2D eigenvalue weighted by atomic mass is 32.2. The van der Waals surface area contributed by atoms with Crippen molar-refractivity contribution < 1.29 is 14.7 Å². The minimum Gasteiger partial charge on any atom is -0.390 e. The topological polar surface area (TPSA) is 96.2 Å². The lowest BCUT2D eigenvalue weighted by atomic mass is 10.1. The highest BCUT2D eigenvalue weighted by Crippen LogP contribution is 2.23. The molecule has 8 heteroatoms. The molecule has 0 spiro atoms. The number of benzene rings is 1. The van der Waals surface area contributed by atoms with Crippen LogP contribution in [0.1, 0.15) is 35.7 Å². The van der Waals surface area contributed by atoms with Gasteiger partial charge in [0.25, 0.3) is 0 Å². The highest BCUT2D eigenvalue weighted by molar-refractivity contribution is 7.99. The van der Waals surface area contributed by atoms with Crippen molar-refractivity contribution in [3.05, 3.63) is 40.7 Å². The molecule has 1 heterocycles. The summed E-state index contributed by atoms with van der Waals surface area (Å²) in [5.41, 5.74) is 4.57. The second kappa shape index (κ2) is 10.3. The van der Waals surface area contributed by atoms with E-state index < -0.39 is 0 Å². The molecule has 152 valence electrons. The van der Waals surface area contributed by atoms with Crippen LogP contribution in [0.2, 0.25) is 0 Å². The number of aryl methyl sites for hydroxylation is 3. The molecular weight excluding hydrogens is 376 g/mol. The van der Waals surface area contributed by atoms with Crippen LogP contribution in [0.4, 0.5) is 5.69 Å². The molecule has 0 aliphatic heterocycles. The van der Waals surface area contributed by atoms with E-state index in [9.17, 15) is 14.7 Å². The van der Waals surface area contributed by atoms with Crippen LogP contribution in [0.25, 0.3) is 0 Å². The van der Waals surface area contributed by atoms with Gasteiger partial charge in [-0.2, -0.15) is 0 Å². The van der Waals surface area contributed by atoms with Crippen LogP contribution in [-0.2, 0) is 22.7 Å². The second-order valence-electron chi connectivity index (χ2n) is 6.74. The van der Waals surface area contributed by atoms with Gasteiger partial charge < -0.3 is 20.3 Å². The lowest BCUT2D eigenvalue weighted by molar-refractivity contribution is -0.121. The first-order valence-corrected chi connectivity index (χ1v) is 10.3. The minimum atomic E-state index is -0.220. The molecule has 1 aromatic heterocycles. The summed E-state index contributed by atoms with van der Waals surface area (Å²) in [6.45, 7) is 8.39. The molecule has 0 bridgehead atoms. The summed E-state index contributed by atoms with van der Waals surface area (Å²) in [7, 11) is 0. The fourth-order valence-electron chi connectivity index (χ4n) is 2.95. The third-order valence-corrected chi connectivity index (χ3v) is 5.20. The minimum absolute atomic E-state index is 0.0655. The summed E-state index contributed by atoms with van der Waals surface area (Å²) in [6.07, 6.45) is 2.38. The molecular formula is C20H28N4O3S. The number of aliphatic hydroxyl groups is 1. The van der Waals surface area contributed by atoms with Crippen LogP contribution in [-0.4, -0.2) is 38.8 Å². The number of carbonyl (C=O) groups is 2. The number of amides is 2. The van der Waals surface area contributed by atoms with Crippen LogP contribution < -0.4 is 10.6 Å². The number of aromatic nitrogens is 2. The van der Waals surface area contributed by atoms with E-state index in [1.807, 2.05) is 39.8 Å². The van der Waals surface area contributed by atoms with E-state index in [2.05, 4.69) is 15.6 Å². The van der Waals surface area contributed by atoms with Crippen molar-refractivity contribution in [1.82, 2.24) is 14.9 Å². The van der Waals surface area contributed by atoms with Crippen LogP contribution >= 0.6 is 11.8 Å². The number of anilines is 1. The van der Waals surface area contributed by atoms with Gasteiger partial charge in [-0.3, -0.25) is 9.59 Å². The summed E-state index contributed by atoms with van der Waals surface area (Å²) < 4.78 is 1.64. The Kier molecular flexibility index (Phi) is 8.07. The van der Waals surface area contributed by atoms with Crippen LogP contribution in [0.3, 0.4) is 0 Å². The number of nitrogens with zero attached hydrogens (tertiary/aromatic N) is 2. The molecule has 2 amide bonds. The van der Waals surface area contributed by atoms with E-state index in [1.165, 1.54) is 18.0 Å². The molecule has 0 aliphatic rings. The molecule has 28 heavy (non-hydrogen) atoms. The van der Waals surface area contributed by atoms with Crippen molar-refractivity contribution in [3.8, 4) is 0 Å². The first-order valence-electron chi connectivity index (χ1n) is 9.28. The summed E-state index contributed by atoms with van der Waals surface area (Å²) in [5, 5.41) is 15.8. The summed E-state index contributed by atoms with van der Waals surface area (Å²) in [4.78, 5) is 28.7. The monoisotopic (exact) mass is 404 g/mol. The van der Waals surface area contributed by atoms with E-state index in [4.69, 9.17) is 0 Å². The zero-order valence-electron chi connectivity index (χ0n) is 16.8. The maximum absolute atomic E-state index is 12.4. The molecule has 1 aromatic carbocycles. The summed E-state index contributed by atoms with van der Waals surface area (Å²) >= 11 is 1.24. The second-order valence-corrected chi connectivity index (χ2v) is 7.68. The van der Waals surface area contributed by atoms with E-state index in [-0.39, 0.29) is 30.7 Å². The van der Waals surface area contributed by atoms with E-state index in [0.29, 0.717) is 17.4 Å². The Morgan fingerprint density at radius 2 is 1.86 bits per heavy atom. The van der Waals surface area contributed by atoms with Crippen molar-refractivity contribution in [2.75, 3.05) is 17.6 Å². The SMILES string of the molecule is CCCNC(=O)Cn1c(CO)cnc1SCC(=O)Nc1c(C)cc(C)cc1C. The Labute approximate surface area is 169 Å². The molecule has 2 aromatic rings. The molecule has 0 aliphatic carbocycles. The van der Waals surface area contributed by atoms with Gasteiger partial charge >= 0.3 is 0 Å². The molecule has 7 nitrogen and oxygen atoms in total. The van der Waals surface area contributed by atoms with Gasteiger partial charge in [-0.15, -0.1) is 0 Å². The molecule has 2 rings (SSSR count). The van der Waals surface area contributed by atoms with Gasteiger partial charge in [0.15, 0.2) is 5.16 Å². The van der Waals surface area contributed by atoms with E-state index in [0.717, 1.165) is 28.8 Å². The maximum Gasteiger partial charge on any atom is 0.240 e. The molecule has 0 saturated carbocycles. The zero-order valence-corrected chi connectivity index (χ0v) is 17.7. The quantitative estimate of drug-likeness (QED) is 0.558. The Bertz CT molecular complexity index is 825. The van der Waals surface area contributed by atoms with Crippen molar-refractivity contribution in [3.63, 3.8) is 0 Å². The van der Waals surface area contributed by atoms with E-state index in [1.54, 1.807) is 4.57 Å². The first kappa shape index (κ1) is 22.0. The van der Waals surface area contributed by atoms with Gasteiger partial charge in [0.1, 0.15) is 6.54 Å². The first-order chi connectivity index (χ1) is 13.3. The van der Waals surface area contributed by atoms with Crippen LogP contribution in [0.5, 0.6) is 0 Å². The van der Waals surface area contributed by atoms with Crippen molar-refractivity contribution in [1.29, 1.82) is 0 Å². The number of thioether (sulfide) groups is 1. The molecule has 0 atom stereocenters. The van der Waals surface area contributed by atoms with Crippen LogP contribution in [0.15, 0.2) is 23.5 Å². The predicted octanol–water partition coefficient (Wildman–Crippen LogP) is 2.56. The normalized spacial score (nSPS) is 10.8. The average Bonchev–Trinajstić information content (AvgIpc) is 3.02. The van der Waals surface area contributed by atoms with Gasteiger partial charge in [0.05, 0.1) is 24.3 Å². The number of hydrogen-bond donors (Lipinski definition) is 3. The molecule has 0 saturated heterocycles. The lowest BCUT2D eigenvalue weighted by Gasteiger charge is -2.13. The van der Waals surface area contributed by atoms with Gasteiger partial charge in [-0.25, -0.2) is 4.98 Å². The fraction of sp³-hybridized carbons (Fsp3) is 0.450. The summed E-state index contributed by atoms with van der Waals surface area (Å²) in [5.74, 6) is -0.132. The molecule has 0 unspecified atom stereocenters. The Morgan fingerprint density at radius 3 is 2.46 bits per heavy atom. The number of nitrogens with one attached hydrogen (secondary N) is 2. The third-order valence-electron chi connectivity index (χ3n) is 4.21. The Balaban J connectivity index is 2.03. The molecule has 0 radical (unpaired) electrons. The van der Waals surface area contributed by atoms with Crippen LogP contribution in [0, 0.1) is 20.8 Å². The van der Waals surface area contributed by atoms with Gasteiger partial charge in [-0.1, -0.05) is 36.4 Å². The van der Waals surface area contributed by atoms with Gasteiger partial charge in [0, 0.05) is 12.2 Å². The van der Waals surface area contributed by atoms with Crippen molar-refractivity contribution in [2.45, 2.75) is 52.4 Å². The third kappa shape index (κ3) is 5.84. The molecule has 0 fully saturated rings. The van der Waals surface area contributed by atoms with Gasteiger partial charge in [0.2, 0.25) is 11.8 Å². The highest BCUT2D eigenvalue weighted by Gasteiger charge is 2.15. The van der Waals surface area contributed by atoms with Crippen molar-refractivity contribution in [2.24, 2.45) is 0 Å². The largest absolute Gasteiger partial charge is 0.390 e. The maximum atomic E-state index is 12.4. The van der Waals surface area contributed by atoms with Gasteiger partial charge in [-0.05, 0) is 38.3 Å². The zero-order chi connectivity index (χ0) is 20.7. The smallest absolute Gasteiger partial charge is 0.240 e. The summed E-state index contributed by atoms with van der Waals surface area (Å²) in [6, 6.07) is 4.07. The molecule has 3 N–H and O–H groups in total. The number of carbonyl (C=O) groups excluding carboxylic acids is 2. The average molecular weight is 405 g/mol. The Hall–Kier alpha value is -2.32. The predicted molar refractivity (Wildman–Crippen MR) is 111 cm³/mol. The lowest BCUT2D eigenvalue weighted by Crippen LogP contribution is -2.29. The standard InChI is InChI=1S/C20H28N4O3S/c1-5-6-21-17(26)10-24-16(11-25)9-22-20(24)28-12-18(27)23-19-14(3)7-13(2)8-15(19)4/h7-9,25H,5-6,10-12H2,1-4H3,(H,21,26)(H,23,27). The van der Waals surface area contributed by atoms with E-state index >= 15 is 0 Å².